The van der Waals surface area contributed by atoms with Gasteiger partial charge in [-0.1, -0.05) is 30.8 Å². The maximum absolute atomic E-state index is 13.3. The molecule has 0 radical (unpaired) electrons. The van der Waals surface area contributed by atoms with Crippen LogP contribution in [-0.2, 0) is 13.0 Å². The number of aromatic nitrogens is 4. The molecule has 0 saturated carbocycles. The van der Waals surface area contributed by atoms with E-state index in [-0.39, 0.29) is 16.9 Å². The Balaban J connectivity index is 1.99. The van der Waals surface area contributed by atoms with Crippen LogP contribution in [0.4, 0.5) is 4.39 Å². The zero-order chi connectivity index (χ0) is 16.2. The van der Waals surface area contributed by atoms with Gasteiger partial charge in [-0.25, -0.2) is 19.3 Å². The highest BCUT2D eigenvalue weighted by Gasteiger charge is 2.12. The van der Waals surface area contributed by atoms with Gasteiger partial charge in [-0.05, 0) is 29.9 Å². The lowest BCUT2D eigenvalue weighted by molar-refractivity contribution is 0.587. The van der Waals surface area contributed by atoms with Crippen LogP contribution in [0.25, 0.3) is 11.2 Å². The quantitative estimate of drug-likeness (QED) is 0.532. The standard InChI is InChI=1S/C16H15FN4OS/c1-2-23-16-20-14-13(18-7-8-19-14)15(22)21(16)9-6-11-4-3-5-12(17)10-11/h3-5,7-8,10H,2,6,9H2,1H3. The van der Waals surface area contributed by atoms with E-state index in [1.807, 2.05) is 13.0 Å². The minimum absolute atomic E-state index is 0.213. The molecule has 0 saturated heterocycles. The van der Waals surface area contributed by atoms with Crippen LogP contribution in [0.2, 0.25) is 0 Å². The van der Waals surface area contributed by atoms with Crippen molar-refractivity contribution < 1.29 is 4.39 Å². The van der Waals surface area contributed by atoms with Crippen molar-refractivity contribution in [1.82, 2.24) is 19.5 Å². The van der Waals surface area contributed by atoms with Crippen LogP contribution in [-0.4, -0.2) is 25.3 Å². The third-order valence-corrected chi connectivity index (χ3v) is 4.20. The highest BCUT2D eigenvalue weighted by atomic mass is 32.2. The molecule has 0 N–H and O–H groups in total. The number of fused-ring (bicyclic) bond motifs is 1. The number of thioether (sulfide) groups is 1. The highest BCUT2D eigenvalue weighted by molar-refractivity contribution is 7.99. The third kappa shape index (κ3) is 3.39. The van der Waals surface area contributed by atoms with Crippen molar-refractivity contribution in [2.24, 2.45) is 0 Å². The molecule has 7 heteroatoms. The Labute approximate surface area is 136 Å². The molecular formula is C16H15FN4OS. The highest BCUT2D eigenvalue weighted by Crippen LogP contribution is 2.16. The Morgan fingerprint density at radius 1 is 1.26 bits per heavy atom. The first kappa shape index (κ1) is 15.6. The van der Waals surface area contributed by atoms with Gasteiger partial charge in [0.05, 0.1) is 0 Å². The predicted octanol–water partition coefficient (Wildman–Crippen LogP) is 2.68. The molecule has 3 rings (SSSR count). The third-order valence-electron chi connectivity index (χ3n) is 3.35. The van der Waals surface area contributed by atoms with E-state index in [4.69, 9.17) is 0 Å². The second kappa shape index (κ2) is 6.87. The SMILES string of the molecule is CCSc1nc2nccnc2c(=O)n1CCc1cccc(F)c1. The Bertz CT molecular complexity index is 897. The van der Waals surface area contributed by atoms with Gasteiger partial charge in [0.15, 0.2) is 16.3 Å². The van der Waals surface area contributed by atoms with Crippen LogP contribution in [0.15, 0.2) is 46.6 Å². The lowest BCUT2D eigenvalue weighted by atomic mass is 10.1. The van der Waals surface area contributed by atoms with Gasteiger partial charge in [0.25, 0.3) is 5.56 Å². The molecular weight excluding hydrogens is 315 g/mol. The molecule has 118 valence electrons. The van der Waals surface area contributed by atoms with E-state index in [0.29, 0.717) is 23.8 Å². The van der Waals surface area contributed by atoms with E-state index < -0.39 is 0 Å². The summed E-state index contributed by atoms with van der Waals surface area (Å²) in [7, 11) is 0. The lowest BCUT2D eigenvalue weighted by Crippen LogP contribution is -2.25. The van der Waals surface area contributed by atoms with Crippen LogP contribution >= 0.6 is 11.8 Å². The van der Waals surface area contributed by atoms with E-state index in [0.717, 1.165) is 11.3 Å². The zero-order valence-electron chi connectivity index (χ0n) is 12.6. The molecule has 0 amide bonds. The summed E-state index contributed by atoms with van der Waals surface area (Å²) in [4.78, 5) is 25.3. The minimum Gasteiger partial charge on any atom is -0.285 e. The summed E-state index contributed by atoms with van der Waals surface area (Å²) in [6.45, 7) is 2.42. The molecule has 0 bridgehead atoms. The molecule has 0 aliphatic heterocycles. The van der Waals surface area contributed by atoms with Gasteiger partial charge in [-0.2, -0.15) is 0 Å². The average molecular weight is 330 g/mol. The molecule has 1 aromatic carbocycles. The molecule has 3 aromatic rings. The fourth-order valence-electron chi connectivity index (χ4n) is 2.30. The monoisotopic (exact) mass is 330 g/mol. The number of hydrogen-bond acceptors (Lipinski definition) is 5. The largest absolute Gasteiger partial charge is 0.285 e. The molecule has 0 aliphatic carbocycles. The van der Waals surface area contributed by atoms with Crippen molar-refractivity contribution in [2.45, 2.75) is 25.0 Å². The van der Waals surface area contributed by atoms with Gasteiger partial charge in [0.1, 0.15) is 5.82 Å². The first-order valence-electron chi connectivity index (χ1n) is 7.28. The van der Waals surface area contributed by atoms with Crippen LogP contribution in [0.5, 0.6) is 0 Å². The molecule has 5 nitrogen and oxygen atoms in total. The van der Waals surface area contributed by atoms with E-state index in [1.54, 1.807) is 10.6 Å². The number of hydrogen-bond donors (Lipinski definition) is 0. The van der Waals surface area contributed by atoms with Crippen LogP contribution in [0, 0.1) is 5.82 Å². The van der Waals surface area contributed by atoms with Crippen LogP contribution < -0.4 is 5.56 Å². The molecule has 23 heavy (non-hydrogen) atoms. The Morgan fingerprint density at radius 3 is 2.87 bits per heavy atom. The van der Waals surface area contributed by atoms with Crippen molar-refractivity contribution in [3.63, 3.8) is 0 Å². The van der Waals surface area contributed by atoms with Gasteiger partial charge in [-0.15, -0.1) is 0 Å². The number of aryl methyl sites for hydroxylation is 1. The summed E-state index contributed by atoms with van der Waals surface area (Å²) in [5.74, 6) is 0.513. The van der Waals surface area contributed by atoms with Gasteiger partial charge >= 0.3 is 0 Å². The van der Waals surface area contributed by atoms with Crippen molar-refractivity contribution in [3.8, 4) is 0 Å². The minimum atomic E-state index is -0.277. The second-order valence-electron chi connectivity index (χ2n) is 4.89. The molecule has 0 atom stereocenters. The van der Waals surface area contributed by atoms with Crippen LogP contribution in [0.1, 0.15) is 12.5 Å². The molecule has 2 heterocycles. The molecule has 2 aromatic heterocycles. The summed E-state index contributed by atoms with van der Waals surface area (Å²) < 4.78 is 14.9. The molecule has 0 aliphatic rings. The fraction of sp³-hybridized carbons (Fsp3) is 0.250. The van der Waals surface area contributed by atoms with Crippen molar-refractivity contribution in [2.75, 3.05) is 5.75 Å². The maximum Gasteiger partial charge on any atom is 0.282 e. The number of nitrogens with zero attached hydrogens (tertiary/aromatic N) is 4. The van der Waals surface area contributed by atoms with E-state index in [2.05, 4.69) is 15.0 Å². The summed E-state index contributed by atoms with van der Waals surface area (Å²) in [5.41, 5.74) is 1.24. The average Bonchev–Trinajstić information content (AvgIpc) is 2.55. The van der Waals surface area contributed by atoms with Crippen molar-refractivity contribution >= 4 is 22.9 Å². The Kier molecular flexibility index (Phi) is 4.66. The maximum atomic E-state index is 13.3. The van der Waals surface area contributed by atoms with E-state index >= 15 is 0 Å². The Morgan fingerprint density at radius 2 is 2.09 bits per heavy atom. The fourth-order valence-corrected chi connectivity index (χ4v) is 3.04. The summed E-state index contributed by atoms with van der Waals surface area (Å²) in [5, 5.41) is 0.613. The van der Waals surface area contributed by atoms with Crippen LogP contribution in [0.3, 0.4) is 0 Å². The van der Waals surface area contributed by atoms with E-state index in [9.17, 15) is 9.18 Å². The van der Waals surface area contributed by atoms with Gasteiger partial charge in [-0.3, -0.25) is 9.36 Å². The normalized spacial score (nSPS) is 11.0. The van der Waals surface area contributed by atoms with Gasteiger partial charge in [0.2, 0.25) is 0 Å². The molecule has 0 fully saturated rings. The molecule has 0 spiro atoms. The van der Waals surface area contributed by atoms with Gasteiger partial charge < -0.3 is 0 Å². The molecule has 0 unspecified atom stereocenters. The summed E-state index contributed by atoms with van der Waals surface area (Å²) >= 11 is 1.48. The predicted molar refractivity (Wildman–Crippen MR) is 88.1 cm³/mol. The first-order valence-corrected chi connectivity index (χ1v) is 8.26. The van der Waals surface area contributed by atoms with E-state index in [1.165, 1.54) is 36.3 Å². The lowest BCUT2D eigenvalue weighted by Gasteiger charge is -2.11. The first-order chi connectivity index (χ1) is 11.2. The van der Waals surface area contributed by atoms with Crippen molar-refractivity contribution in [3.05, 3.63) is 58.4 Å². The second-order valence-corrected chi connectivity index (χ2v) is 6.12. The number of benzene rings is 1. The van der Waals surface area contributed by atoms with Gasteiger partial charge in [0, 0.05) is 18.9 Å². The summed E-state index contributed by atoms with van der Waals surface area (Å²) in [6, 6.07) is 6.39. The number of rotatable bonds is 5. The number of halogens is 1. The topological polar surface area (TPSA) is 60.7 Å². The van der Waals surface area contributed by atoms with Crippen molar-refractivity contribution in [1.29, 1.82) is 0 Å². The Hall–Kier alpha value is -2.28. The summed E-state index contributed by atoms with van der Waals surface area (Å²) in [6.07, 6.45) is 3.55. The zero-order valence-corrected chi connectivity index (χ0v) is 13.4. The smallest absolute Gasteiger partial charge is 0.282 e.